The Labute approximate surface area is 88.4 Å². The van der Waals surface area contributed by atoms with Gasteiger partial charge in [-0.15, -0.1) is 13.2 Å². The molecule has 0 aliphatic heterocycles. The highest BCUT2D eigenvalue weighted by atomic mass is 15.4. The number of hydrogen-bond donors (Lipinski definition) is 2. The number of rotatable bonds is 6. The van der Waals surface area contributed by atoms with E-state index in [1.165, 1.54) is 12.8 Å². The van der Waals surface area contributed by atoms with Gasteiger partial charge in [0.05, 0.1) is 0 Å². The van der Waals surface area contributed by atoms with Gasteiger partial charge in [0.2, 0.25) is 0 Å². The van der Waals surface area contributed by atoms with Crippen molar-refractivity contribution < 1.29 is 0 Å². The van der Waals surface area contributed by atoms with E-state index in [2.05, 4.69) is 20.1 Å². The third kappa shape index (κ3) is 11.0. The van der Waals surface area contributed by atoms with E-state index in [0.717, 1.165) is 25.1 Å². The van der Waals surface area contributed by atoms with Crippen molar-refractivity contribution in [1.29, 1.82) is 0 Å². The molecule has 0 bridgehead atoms. The van der Waals surface area contributed by atoms with E-state index in [4.69, 9.17) is 11.6 Å². The molecule has 0 fully saturated rings. The third-order valence-electron chi connectivity index (χ3n) is 1.76. The maximum absolute atomic E-state index is 5.67. The molecule has 0 aromatic heterocycles. The standard InChI is InChI=1S/C9H21N3.C2H4/c1-3-5-6-7-12(11)8-9(10)4-2;1-2/h8H,3-7,10-11H2,1-2H3;1-2H2/b9-8-;. The van der Waals surface area contributed by atoms with Crippen LogP contribution in [0.25, 0.3) is 0 Å². The van der Waals surface area contributed by atoms with Crippen molar-refractivity contribution in [3.8, 4) is 0 Å². The van der Waals surface area contributed by atoms with E-state index in [1.54, 1.807) is 5.01 Å². The summed E-state index contributed by atoms with van der Waals surface area (Å²) in [6.45, 7) is 11.1. The fourth-order valence-corrected chi connectivity index (χ4v) is 0.913. The highest BCUT2D eigenvalue weighted by Crippen LogP contribution is 1.97. The average Bonchev–Trinajstić information content (AvgIpc) is 2.21. The summed E-state index contributed by atoms with van der Waals surface area (Å²) in [6.07, 6.45) is 6.27. The first kappa shape index (κ1) is 15.5. The molecule has 0 amide bonds. The van der Waals surface area contributed by atoms with Gasteiger partial charge < -0.3 is 10.7 Å². The first-order valence-corrected chi connectivity index (χ1v) is 5.18. The molecular weight excluding hydrogens is 174 g/mol. The Bertz CT molecular complexity index is 143. The molecule has 0 aliphatic carbocycles. The van der Waals surface area contributed by atoms with Crippen molar-refractivity contribution in [2.45, 2.75) is 39.5 Å². The number of hydrogen-bond acceptors (Lipinski definition) is 3. The zero-order chi connectivity index (χ0) is 11.4. The second-order valence-corrected chi connectivity index (χ2v) is 3.00. The smallest absolute Gasteiger partial charge is 0.0342 e. The molecule has 0 aromatic rings. The second-order valence-electron chi connectivity index (χ2n) is 3.00. The van der Waals surface area contributed by atoms with Gasteiger partial charge in [0.15, 0.2) is 0 Å². The monoisotopic (exact) mass is 199 g/mol. The quantitative estimate of drug-likeness (QED) is 0.299. The molecule has 0 rings (SSSR count). The van der Waals surface area contributed by atoms with Gasteiger partial charge in [-0.1, -0.05) is 26.7 Å². The van der Waals surface area contributed by atoms with E-state index in [1.807, 2.05) is 13.1 Å². The van der Waals surface area contributed by atoms with Crippen LogP contribution >= 0.6 is 0 Å². The molecule has 0 heterocycles. The predicted octanol–water partition coefficient (Wildman–Crippen LogP) is 2.36. The van der Waals surface area contributed by atoms with Crippen LogP contribution < -0.4 is 11.6 Å². The Morgan fingerprint density at radius 3 is 2.29 bits per heavy atom. The van der Waals surface area contributed by atoms with Crippen LogP contribution in [0.2, 0.25) is 0 Å². The number of nitrogens with zero attached hydrogens (tertiary/aromatic N) is 1. The zero-order valence-electron chi connectivity index (χ0n) is 9.63. The molecule has 0 saturated carbocycles. The lowest BCUT2D eigenvalue weighted by Crippen LogP contribution is -2.27. The molecule has 0 spiro atoms. The minimum absolute atomic E-state index is 0.842. The lowest BCUT2D eigenvalue weighted by molar-refractivity contribution is 0.376. The van der Waals surface area contributed by atoms with Crippen molar-refractivity contribution >= 4 is 0 Å². The van der Waals surface area contributed by atoms with Gasteiger partial charge in [-0.25, -0.2) is 5.84 Å². The van der Waals surface area contributed by atoms with Crippen LogP contribution in [0.1, 0.15) is 39.5 Å². The van der Waals surface area contributed by atoms with Gasteiger partial charge in [0, 0.05) is 18.4 Å². The number of unbranched alkanes of at least 4 members (excludes halogenated alkanes) is 2. The zero-order valence-corrected chi connectivity index (χ0v) is 9.63. The van der Waals surface area contributed by atoms with E-state index in [-0.39, 0.29) is 0 Å². The maximum Gasteiger partial charge on any atom is 0.0342 e. The van der Waals surface area contributed by atoms with Crippen molar-refractivity contribution in [2.75, 3.05) is 6.54 Å². The van der Waals surface area contributed by atoms with Crippen LogP contribution in [-0.4, -0.2) is 11.6 Å². The third-order valence-corrected chi connectivity index (χ3v) is 1.76. The van der Waals surface area contributed by atoms with Gasteiger partial charge in [0.1, 0.15) is 0 Å². The number of allylic oxidation sites excluding steroid dienone is 1. The number of hydrazine groups is 1. The molecule has 14 heavy (non-hydrogen) atoms. The van der Waals surface area contributed by atoms with Crippen molar-refractivity contribution in [3.63, 3.8) is 0 Å². The molecule has 0 unspecified atom stereocenters. The lowest BCUT2D eigenvalue weighted by atomic mass is 10.2. The van der Waals surface area contributed by atoms with Gasteiger partial charge in [-0.05, 0) is 12.8 Å². The predicted molar refractivity (Wildman–Crippen MR) is 64.2 cm³/mol. The lowest BCUT2D eigenvalue weighted by Gasteiger charge is -2.13. The Kier molecular flexibility index (Phi) is 13.3. The summed E-state index contributed by atoms with van der Waals surface area (Å²) in [5.41, 5.74) is 6.46. The fourth-order valence-electron chi connectivity index (χ4n) is 0.913. The summed E-state index contributed by atoms with van der Waals surface area (Å²) < 4.78 is 0. The summed E-state index contributed by atoms with van der Waals surface area (Å²) >= 11 is 0. The Balaban J connectivity index is 0. The molecule has 0 aromatic carbocycles. The highest BCUT2D eigenvalue weighted by Gasteiger charge is 1.93. The Morgan fingerprint density at radius 1 is 1.29 bits per heavy atom. The SMILES string of the molecule is C=C.CCCCCN(N)/C=C(\N)CC. The molecule has 0 radical (unpaired) electrons. The largest absolute Gasteiger partial charge is 0.401 e. The first-order valence-electron chi connectivity index (χ1n) is 5.18. The normalized spacial score (nSPS) is 10.4. The van der Waals surface area contributed by atoms with Gasteiger partial charge in [0.25, 0.3) is 0 Å². The molecule has 0 atom stereocenters. The summed E-state index contributed by atoms with van der Waals surface area (Å²) in [6, 6.07) is 0. The molecule has 84 valence electrons. The van der Waals surface area contributed by atoms with Crippen LogP contribution in [0.3, 0.4) is 0 Å². The summed E-state index contributed by atoms with van der Waals surface area (Å²) in [7, 11) is 0. The Hall–Kier alpha value is -0.960. The average molecular weight is 199 g/mol. The van der Waals surface area contributed by atoms with E-state index in [9.17, 15) is 0 Å². The Morgan fingerprint density at radius 2 is 1.86 bits per heavy atom. The highest BCUT2D eigenvalue weighted by molar-refractivity contribution is 4.93. The van der Waals surface area contributed by atoms with Crippen molar-refractivity contribution in [2.24, 2.45) is 11.6 Å². The van der Waals surface area contributed by atoms with Gasteiger partial charge >= 0.3 is 0 Å². The van der Waals surface area contributed by atoms with Crippen LogP contribution in [0.5, 0.6) is 0 Å². The summed E-state index contributed by atoms with van der Waals surface area (Å²) in [5.74, 6) is 5.67. The molecule has 0 saturated heterocycles. The van der Waals surface area contributed by atoms with Crippen LogP contribution in [0, 0.1) is 0 Å². The second kappa shape index (κ2) is 12.0. The van der Waals surface area contributed by atoms with Crippen LogP contribution in [0.4, 0.5) is 0 Å². The van der Waals surface area contributed by atoms with Crippen LogP contribution in [0.15, 0.2) is 25.1 Å². The summed E-state index contributed by atoms with van der Waals surface area (Å²) in [5, 5.41) is 1.68. The van der Waals surface area contributed by atoms with Crippen molar-refractivity contribution in [1.82, 2.24) is 5.01 Å². The maximum atomic E-state index is 5.67. The molecule has 0 aliphatic rings. The molecule has 3 heteroatoms. The molecule has 4 N–H and O–H groups in total. The van der Waals surface area contributed by atoms with Crippen LogP contribution in [-0.2, 0) is 0 Å². The van der Waals surface area contributed by atoms with E-state index >= 15 is 0 Å². The van der Waals surface area contributed by atoms with E-state index < -0.39 is 0 Å². The van der Waals surface area contributed by atoms with E-state index in [0.29, 0.717) is 0 Å². The first-order chi connectivity index (χ1) is 6.70. The summed E-state index contributed by atoms with van der Waals surface area (Å²) in [4.78, 5) is 0. The topological polar surface area (TPSA) is 55.3 Å². The number of nitrogens with two attached hydrogens (primary N) is 2. The van der Waals surface area contributed by atoms with Crippen molar-refractivity contribution in [3.05, 3.63) is 25.1 Å². The van der Waals surface area contributed by atoms with Gasteiger partial charge in [-0.3, -0.25) is 0 Å². The molecular formula is C11H25N3. The molecule has 3 nitrogen and oxygen atoms in total. The van der Waals surface area contributed by atoms with Gasteiger partial charge in [-0.2, -0.15) is 0 Å². The minimum atomic E-state index is 0.842. The minimum Gasteiger partial charge on any atom is -0.401 e. The fraction of sp³-hybridized carbons (Fsp3) is 0.636.